The van der Waals surface area contributed by atoms with Gasteiger partial charge in [-0.2, -0.15) is 0 Å². The lowest BCUT2D eigenvalue weighted by atomic mass is 10.2. The number of nitrogens with two attached hydrogens (primary N) is 2. The molecule has 0 bridgehead atoms. The van der Waals surface area contributed by atoms with Crippen molar-refractivity contribution in [2.45, 2.75) is 19.8 Å². The van der Waals surface area contributed by atoms with Crippen molar-refractivity contribution in [1.82, 2.24) is 30.4 Å². The van der Waals surface area contributed by atoms with E-state index in [0.29, 0.717) is 39.4 Å². The molecular formula is C18H17FN8O2. The SMILES string of the molecule is NCc1c(N)ncnc1C(=O)NCc1cc(-c2nc3ccc(CF)cc3[nH]2)on1. The minimum absolute atomic E-state index is 0.0414. The third kappa shape index (κ3) is 3.62. The average Bonchev–Trinajstić information content (AvgIpc) is 3.37. The van der Waals surface area contributed by atoms with E-state index in [9.17, 15) is 9.18 Å². The van der Waals surface area contributed by atoms with Crippen LogP contribution >= 0.6 is 0 Å². The predicted molar refractivity (Wildman–Crippen MR) is 102 cm³/mol. The van der Waals surface area contributed by atoms with Crippen LogP contribution in [0.4, 0.5) is 10.2 Å². The smallest absolute Gasteiger partial charge is 0.270 e. The number of H-pyrrole nitrogens is 1. The molecule has 0 spiro atoms. The maximum atomic E-state index is 12.8. The van der Waals surface area contributed by atoms with E-state index in [1.54, 1.807) is 24.3 Å². The summed E-state index contributed by atoms with van der Waals surface area (Å²) in [5, 5.41) is 6.62. The van der Waals surface area contributed by atoms with Gasteiger partial charge < -0.3 is 26.3 Å². The third-order valence-corrected chi connectivity index (χ3v) is 4.32. The summed E-state index contributed by atoms with van der Waals surface area (Å²) in [6.45, 7) is -0.414. The van der Waals surface area contributed by atoms with Crippen LogP contribution < -0.4 is 16.8 Å². The topological polar surface area (TPSA) is 162 Å². The summed E-state index contributed by atoms with van der Waals surface area (Å²) in [5.74, 6) is 0.556. The quantitative estimate of drug-likeness (QED) is 0.381. The number of nitrogens with zero attached hydrogens (tertiary/aromatic N) is 4. The molecule has 1 amide bonds. The summed E-state index contributed by atoms with van der Waals surface area (Å²) in [5.41, 5.74) is 14.2. The average molecular weight is 396 g/mol. The Labute approximate surface area is 163 Å². The van der Waals surface area contributed by atoms with E-state index >= 15 is 0 Å². The van der Waals surface area contributed by atoms with Crippen molar-refractivity contribution in [3.05, 3.63) is 53.1 Å². The molecule has 0 aliphatic rings. The van der Waals surface area contributed by atoms with Crippen molar-refractivity contribution < 1.29 is 13.7 Å². The van der Waals surface area contributed by atoms with Gasteiger partial charge in [-0.3, -0.25) is 4.79 Å². The number of anilines is 1. The number of rotatable bonds is 6. The summed E-state index contributed by atoms with van der Waals surface area (Å²) in [6.07, 6.45) is 1.20. The van der Waals surface area contributed by atoms with E-state index < -0.39 is 12.6 Å². The molecule has 3 aromatic heterocycles. The van der Waals surface area contributed by atoms with Crippen LogP contribution in [-0.2, 0) is 19.8 Å². The molecule has 4 aromatic rings. The number of fused-ring (bicyclic) bond motifs is 1. The summed E-state index contributed by atoms with van der Waals surface area (Å²) in [6, 6.07) is 6.73. The van der Waals surface area contributed by atoms with E-state index in [0.717, 1.165) is 0 Å². The molecule has 0 fully saturated rings. The number of imidazole rings is 1. The van der Waals surface area contributed by atoms with Gasteiger partial charge in [-0.15, -0.1) is 0 Å². The van der Waals surface area contributed by atoms with E-state index in [1.807, 2.05) is 0 Å². The van der Waals surface area contributed by atoms with E-state index in [4.69, 9.17) is 16.0 Å². The van der Waals surface area contributed by atoms with Crippen LogP contribution in [0.15, 0.2) is 35.1 Å². The third-order valence-electron chi connectivity index (χ3n) is 4.32. The number of alkyl halides is 1. The van der Waals surface area contributed by atoms with Gasteiger partial charge in [-0.05, 0) is 17.7 Å². The second-order valence-corrected chi connectivity index (χ2v) is 6.23. The van der Waals surface area contributed by atoms with Crippen LogP contribution in [0.25, 0.3) is 22.6 Å². The number of amides is 1. The standard InChI is InChI=1S/C18H17FN8O2/c19-5-9-1-2-12-13(3-9)26-17(25-12)14-4-10(27-29-14)7-22-18(28)15-11(6-20)16(21)24-8-23-15/h1-4,8H,5-7,20H2,(H,22,28)(H,25,26)(H2,21,23,24). The molecular weight excluding hydrogens is 379 g/mol. The van der Waals surface area contributed by atoms with Crippen LogP contribution in [0.2, 0.25) is 0 Å². The maximum absolute atomic E-state index is 12.8. The lowest BCUT2D eigenvalue weighted by molar-refractivity contribution is 0.0944. The first kappa shape index (κ1) is 18.5. The Kier molecular flexibility index (Phi) is 4.87. The molecule has 29 heavy (non-hydrogen) atoms. The molecule has 148 valence electrons. The monoisotopic (exact) mass is 396 g/mol. The normalized spacial score (nSPS) is 11.1. The summed E-state index contributed by atoms with van der Waals surface area (Å²) in [7, 11) is 0. The summed E-state index contributed by atoms with van der Waals surface area (Å²) in [4.78, 5) is 27.6. The van der Waals surface area contributed by atoms with Gasteiger partial charge in [0.05, 0.1) is 17.6 Å². The number of aromatic amines is 1. The van der Waals surface area contributed by atoms with Crippen molar-refractivity contribution in [2.75, 3.05) is 5.73 Å². The van der Waals surface area contributed by atoms with E-state index in [-0.39, 0.29) is 24.6 Å². The predicted octanol–water partition coefficient (Wildman–Crippen LogP) is 1.45. The number of hydrogen-bond acceptors (Lipinski definition) is 8. The number of nitrogen functional groups attached to an aromatic ring is 1. The van der Waals surface area contributed by atoms with Crippen molar-refractivity contribution in [2.24, 2.45) is 5.73 Å². The molecule has 0 radical (unpaired) electrons. The Morgan fingerprint density at radius 1 is 1.28 bits per heavy atom. The van der Waals surface area contributed by atoms with Gasteiger partial charge in [-0.1, -0.05) is 11.2 Å². The van der Waals surface area contributed by atoms with Gasteiger partial charge in [0.25, 0.3) is 5.91 Å². The maximum Gasteiger partial charge on any atom is 0.270 e. The highest BCUT2D eigenvalue weighted by Gasteiger charge is 2.17. The first-order valence-corrected chi connectivity index (χ1v) is 8.67. The number of carbonyl (C=O) groups excluding carboxylic acids is 1. The lowest BCUT2D eigenvalue weighted by Gasteiger charge is -2.08. The summed E-state index contributed by atoms with van der Waals surface area (Å²) < 4.78 is 18.1. The number of nitrogens with one attached hydrogen (secondary N) is 2. The highest BCUT2D eigenvalue weighted by Crippen LogP contribution is 2.22. The number of hydrogen-bond donors (Lipinski definition) is 4. The fourth-order valence-electron chi connectivity index (χ4n) is 2.84. The van der Waals surface area contributed by atoms with Crippen molar-refractivity contribution in [3.8, 4) is 11.6 Å². The molecule has 3 heterocycles. The molecule has 10 nitrogen and oxygen atoms in total. The van der Waals surface area contributed by atoms with Crippen LogP contribution in [0, 0.1) is 0 Å². The van der Waals surface area contributed by atoms with E-state index in [2.05, 4.69) is 30.4 Å². The fraction of sp³-hybridized carbons (Fsp3) is 0.167. The minimum atomic E-state index is -0.555. The second-order valence-electron chi connectivity index (χ2n) is 6.23. The van der Waals surface area contributed by atoms with Gasteiger partial charge in [0.2, 0.25) is 5.76 Å². The van der Waals surface area contributed by atoms with Crippen molar-refractivity contribution in [3.63, 3.8) is 0 Å². The zero-order valence-electron chi connectivity index (χ0n) is 15.1. The van der Waals surface area contributed by atoms with Crippen LogP contribution in [0.5, 0.6) is 0 Å². The highest BCUT2D eigenvalue weighted by atomic mass is 19.1. The molecule has 0 aliphatic carbocycles. The van der Waals surface area contributed by atoms with Gasteiger partial charge >= 0.3 is 0 Å². The number of aromatic nitrogens is 5. The highest BCUT2D eigenvalue weighted by molar-refractivity contribution is 5.94. The van der Waals surface area contributed by atoms with Crippen LogP contribution in [-0.4, -0.2) is 31.0 Å². The molecule has 0 atom stereocenters. The van der Waals surface area contributed by atoms with Crippen LogP contribution in [0.3, 0.4) is 0 Å². The largest absolute Gasteiger partial charge is 0.383 e. The molecule has 4 rings (SSSR count). The van der Waals surface area contributed by atoms with Gasteiger partial charge in [0, 0.05) is 18.2 Å². The Morgan fingerprint density at radius 2 is 2.14 bits per heavy atom. The molecule has 0 unspecified atom stereocenters. The lowest BCUT2D eigenvalue weighted by Crippen LogP contribution is -2.26. The number of halogens is 1. The molecule has 1 aromatic carbocycles. The Morgan fingerprint density at radius 3 is 2.93 bits per heavy atom. The Balaban J connectivity index is 1.49. The zero-order valence-corrected chi connectivity index (χ0v) is 15.1. The van der Waals surface area contributed by atoms with Gasteiger partial charge in [-0.25, -0.2) is 19.3 Å². The first-order chi connectivity index (χ1) is 14.1. The molecule has 0 saturated carbocycles. The van der Waals surface area contributed by atoms with Crippen molar-refractivity contribution >= 4 is 22.8 Å². The Bertz CT molecular complexity index is 1190. The van der Waals surface area contributed by atoms with E-state index in [1.165, 1.54) is 6.33 Å². The molecule has 0 saturated heterocycles. The Hall–Kier alpha value is -3.86. The van der Waals surface area contributed by atoms with Gasteiger partial charge in [0.15, 0.2) is 5.82 Å². The molecule has 6 N–H and O–H groups in total. The van der Waals surface area contributed by atoms with Crippen molar-refractivity contribution in [1.29, 1.82) is 0 Å². The molecule has 11 heteroatoms. The van der Waals surface area contributed by atoms with Gasteiger partial charge in [0.1, 0.15) is 30.2 Å². The minimum Gasteiger partial charge on any atom is -0.383 e. The first-order valence-electron chi connectivity index (χ1n) is 8.67. The summed E-state index contributed by atoms with van der Waals surface area (Å²) >= 11 is 0. The second kappa shape index (κ2) is 7.64. The van der Waals surface area contributed by atoms with Crippen LogP contribution in [0.1, 0.15) is 27.3 Å². The zero-order chi connectivity index (χ0) is 20.4. The fourth-order valence-corrected chi connectivity index (χ4v) is 2.84. The number of carbonyl (C=O) groups is 1. The number of benzene rings is 1. The molecule has 0 aliphatic heterocycles.